The topological polar surface area (TPSA) is 142 Å². The smallest absolute Gasteiger partial charge is 0.328 e. The molecule has 0 rings (SSSR count). The average Bonchev–Trinajstić information content (AvgIpc) is 3.29. The summed E-state index contributed by atoms with van der Waals surface area (Å²) in [4.78, 5) is 47.9. The summed E-state index contributed by atoms with van der Waals surface area (Å²) in [7, 11) is 0. The number of hydrogen-bond donors (Lipinski definition) is 4. The van der Waals surface area contributed by atoms with Crippen molar-refractivity contribution in [2.45, 2.75) is 270 Å². The van der Waals surface area contributed by atoms with Crippen LogP contribution in [0.1, 0.15) is 258 Å². The minimum absolute atomic E-state index is 0.0165. The van der Waals surface area contributed by atoms with Gasteiger partial charge in [-0.15, -0.1) is 0 Å². The number of carbonyl (C=O) groups excluding carboxylic acids is 3. The van der Waals surface area contributed by atoms with Crippen LogP contribution in [0.3, 0.4) is 0 Å². The molecule has 9 nitrogen and oxygen atoms in total. The van der Waals surface area contributed by atoms with Gasteiger partial charge in [-0.25, -0.2) is 4.79 Å². The summed E-state index contributed by atoms with van der Waals surface area (Å²) >= 11 is 0. The van der Waals surface area contributed by atoms with Crippen LogP contribution in [0.25, 0.3) is 0 Å². The normalized spacial score (nSPS) is 12.8. The number of aliphatic hydroxyl groups excluding tert-OH is 1. The summed E-state index contributed by atoms with van der Waals surface area (Å²) in [6, 6.07) is -1.38. The largest absolute Gasteiger partial charge is 0.480 e. The van der Waals surface area contributed by atoms with E-state index >= 15 is 0 Å². The quantitative estimate of drug-likeness (QED) is 0.0270. The summed E-state index contributed by atoms with van der Waals surface area (Å²) in [6.07, 6.45) is 61.5. The number of esters is 1. The number of aliphatic carboxylic acids is 1. The molecule has 0 spiro atoms. The van der Waals surface area contributed by atoms with Gasteiger partial charge in [-0.05, 0) is 77.0 Å². The van der Waals surface area contributed by atoms with Gasteiger partial charge in [0.2, 0.25) is 11.8 Å². The number of aliphatic hydroxyl groups is 1. The monoisotopic (exact) mass is 913 g/mol. The van der Waals surface area contributed by atoms with Crippen molar-refractivity contribution in [3.63, 3.8) is 0 Å². The van der Waals surface area contributed by atoms with E-state index in [0.29, 0.717) is 19.3 Å². The molecule has 0 bridgehead atoms. The van der Waals surface area contributed by atoms with E-state index in [-0.39, 0.29) is 24.5 Å². The second-order valence-electron chi connectivity index (χ2n) is 18.3. The number of rotatable bonds is 49. The van der Waals surface area contributed by atoms with E-state index in [9.17, 15) is 19.2 Å². The SMILES string of the molecule is CC/C=C\C/C=C\C/C=C\C/C=C\CCCCCCCCCCCCC(=O)OC(CCCCCCCCCCCCCCCC)CCCCCCCC(=O)NCC(=O)NC(CO)C(=O)O. The maximum atomic E-state index is 12.9. The van der Waals surface area contributed by atoms with Crippen LogP contribution in [0.5, 0.6) is 0 Å². The molecule has 4 N–H and O–H groups in total. The van der Waals surface area contributed by atoms with E-state index < -0.39 is 24.5 Å². The Morgan fingerprint density at radius 3 is 1.32 bits per heavy atom. The minimum Gasteiger partial charge on any atom is -0.480 e. The molecule has 0 aromatic heterocycles. The Hall–Kier alpha value is -3.20. The fourth-order valence-corrected chi connectivity index (χ4v) is 8.00. The lowest BCUT2D eigenvalue weighted by Crippen LogP contribution is -2.47. The van der Waals surface area contributed by atoms with E-state index in [4.69, 9.17) is 14.9 Å². The Kier molecular flexibility index (Phi) is 47.7. The fourth-order valence-electron chi connectivity index (χ4n) is 8.00. The number of hydrogen-bond acceptors (Lipinski definition) is 6. The van der Waals surface area contributed by atoms with Crippen molar-refractivity contribution >= 4 is 23.8 Å². The van der Waals surface area contributed by atoms with Crippen LogP contribution in [0.15, 0.2) is 48.6 Å². The molecule has 376 valence electrons. The maximum absolute atomic E-state index is 12.9. The van der Waals surface area contributed by atoms with Gasteiger partial charge in [-0.1, -0.05) is 217 Å². The highest BCUT2D eigenvalue weighted by Crippen LogP contribution is 2.19. The highest BCUT2D eigenvalue weighted by atomic mass is 16.5. The van der Waals surface area contributed by atoms with Crippen LogP contribution in [0.2, 0.25) is 0 Å². The van der Waals surface area contributed by atoms with Crippen LogP contribution >= 0.6 is 0 Å². The van der Waals surface area contributed by atoms with Crippen molar-refractivity contribution in [1.29, 1.82) is 0 Å². The van der Waals surface area contributed by atoms with Crippen LogP contribution in [0, 0.1) is 0 Å². The molecule has 0 heterocycles. The molecule has 2 atom stereocenters. The summed E-state index contributed by atoms with van der Waals surface area (Å²) in [6.45, 7) is 3.40. The van der Waals surface area contributed by atoms with E-state index in [2.05, 4.69) is 73.1 Å². The number of amides is 2. The Balaban J connectivity index is 4.24. The molecule has 0 fully saturated rings. The first-order valence-corrected chi connectivity index (χ1v) is 27.0. The number of carboxylic acid groups (broad SMARTS) is 1. The maximum Gasteiger partial charge on any atom is 0.328 e. The van der Waals surface area contributed by atoms with Crippen molar-refractivity contribution in [3.05, 3.63) is 48.6 Å². The molecule has 0 radical (unpaired) electrons. The molecule has 2 unspecified atom stereocenters. The lowest BCUT2D eigenvalue weighted by atomic mass is 10.0. The first-order chi connectivity index (χ1) is 31.8. The summed E-state index contributed by atoms with van der Waals surface area (Å²) in [5.74, 6) is -2.28. The summed E-state index contributed by atoms with van der Waals surface area (Å²) < 4.78 is 6.08. The van der Waals surface area contributed by atoms with Crippen LogP contribution < -0.4 is 10.6 Å². The van der Waals surface area contributed by atoms with Crippen molar-refractivity contribution in [2.75, 3.05) is 13.2 Å². The lowest BCUT2D eigenvalue weighted by molar-refractivity contribution is -0.150. The van der Waals surface area contributed by atoms with Crippen LogP contribution in [-0.4, -0.2) is 59.3 Å². The Bertz CT molecular complexity index is 1230. The highest BCUT2D eigenvalue weighted by Gasteiger charge is 2.19. The second kappa shape index (κ2) is 50.2. The molecule has 0 aliphatic heterocycles. The zero-order chi connectivity index (χ0) is 47.5. The molecule has 0 aromatic rings. The van der Waals surface area contributed by atoms with Gasteiger partial charge < -0.3 is 25.6 Å². The standard InChI is InChI=1S/C56H100N2O7/c1-3-5-7-9-11-13-15-17-19-20-21-22-23-24-25-26-27-29-31-33-35-40-44-48-55(62)65-51(45-41-37-34-32-30-28-18-16-14-12-10-8-6-4-2)46-42-38-36-39-43-47-53(60)57-49-54(61)58-52(50-59)56(63)64/h5,7,11,13,17,19,21-22,51-52,59H,3-4,6,8-10,12,14-16,18,20,23-50H2,1-2H3,(H,57,60)(H,58,61)(H,63,64)/b7-5-,13-11-,19-17-,22-21-. The Labute approximate surface area is 399 Å². The van der Waals surface area contributed by atoms with E-state index in [1.54, 1.807) is 0 Å². The average molecular weight is 913 g/mol. The molecule has 0 saturated carbocycles. The highest BCUT2D eigenvalue weighted by molar-refractivity contribution is 5.87. The van der Waals surface area contributed by atoms with Gasteiger partial charge in [-0.2, -0.15) is 0 Å². The van der Waals surface area contributed by atoms with Gasteiger partial charge in [0.05, 0.1) is 13.2 Å². The van der Waals surface area contributed by atoms with Crippen LogP contribution in [-0.2, 0) is 23.9 Å². The molecule has 0 aliphatic rings. The zero-order valence-corrected chi connectivity index (χ0v) is 42.0. The number of allylic oxidation sites excluding steroid dienone is 8. The van der Waals surface area contributed by atoms with Gasteiger partial charge in [0.15, 0.2) is 0 Å². The first-order valence-electron chi connectivity index (χ1n) is 27.0. The summed E-state index contributed by atoms with van der Waals surface area (Å²) in [5.41, 5.74) is 0. The molecule has 2 amide bonds. The number of nitrogens with one attached hydrogen (secondary N) is 2. The molecule has 0 aromatic carbocycles. The predicted molar refractivity (Wildman–Crippen MR) is 273 cm³/mol. The molecule has 0 aliphatic carbocycles. The van der Waals surface area contributed by atoms with Crippen molar-refractivity contribution in [2.24, 2.45) is 0 Å². The minimum atomic E-state index is -1.38. The van der Waals surface area contributed by atoms with E-state index in [1.165, 1.54) is 141 Å². The molecule has 65 heavy (non-hydrogen) atoms. The third-order valence-corrected chi connectivity index (χ3v) is 12.1. The third kappa shape index (κ3) is 47.1. The van der Waals surface area contributed by atoms with Gasteiger partial charge in [0, 0.05) is 12.8 Å². The Morgan fingerprint density at radius 2 is 0.877 bits per heavy atom. The lowest BCUT2D eigenvalue weighted by Gasteiger charge is -2.18. The predicted octanol–water partition coefficient (Wildman–Crippen LogP) is 14.7. The summed E-state index contributed by atoms with van der Waals surface area (Å²) in [5, 5.41) is 22.6. The molecular formula is C56H100N2O7. The van der Waals surface area contributed by atoms with Crippen LogP contribution in [0.4, 0.5) is 0 Å². The first kappa shape index (κ1) is 61.8. The van der Waals surface area contributed by atoms with Gasteiger partial charge >= 0.3 is 11.9 Å². The third-order valence-electron chi connectivity index (χ3n) is 12.1. The number of ether oxygens (including phenoxy) is 1. The van der Waals surface area contributed by atoms with Gasteiger partial charge in [0.1, 0.15) is 12.1 Å². The number of unbranched alkanes of at least 4 members (excludes halogenated alkanes) is 27. The van der Waals surface area contributed by atoms with Crippen molar-refractivity contribution in [1.82, 2.24) is 10.6 Å². The molecular weight excluding hydrogens is 813 g/mol. The van der Waals surface area contributed by atoms with E-state index in [1.807, 2.05) is 0 Å². The second-order valence-corrected chi connectivity index (χ2v) is 18.3. The fraction of sp³-hybridized carbons (Fsp3) is 0.786. The molecule has 9 heteroatoms. The van der Waals surface area contributed by atoms with Gasteiger partial charge in [0.25, 0.3) is 0 Å². The zero-order valence-electron chi connectivity index (χ0n) is 42.0. The van der Waals surface area contributed by atoms with E-state index in [0.717, 1.165) is 83.5 Å². The Morgan fingerprint density at radius 1 is 0.477 bits per heavy atom. The van der Waals surface area contributed by atoms with Gasteiger partial charge in [-0.3, -0.25) is 14.4 Å². The number of carbonyl (C=O) groups is 4. The van der Waals surface area contributed by atoms with Crippen molar-refractivity contribution < 1.29 is 34.1 Å². The molecule has 0 saturated heterocycles. The van der Waals surface area contributed by atoms with Crippen molar-refractivity contribution in [3.8, 4) is 0 Å². The number of carboxylic acids is 1.